The fourth-order valence-corrected chi connectivity index (χ4v) is 1.80. The number of hydrogen-bond acceptors (Lipinski definition) is 5. The van der Waals surface area contributed by atoms with Crippen molar-refractivity contribution in [2.45, 2.75) is 6.61 Å². The summed E-state index contributed by atoms with van der Waals surface area (Å²) in [5, 5.41) is 20.5. The predicted molar refractivity (Wildman–Crippen MR) is 74.1 cm³/mol. The Balaban J connectivity index is 2.33. The number of carbonyl (C=O) groups excluding carboxylic acids is 1. The molecule has 2 aromatic rings. The summed E-state index contributed by atoms with van der Waals surface area (Å²) in [4.78, 5) is 21.3. The number of ether oxygens (including phenoxy) is 1. The van der Waals surface area contributed by atoms with Crippen molar-refractivity contribution in [2.24, 2.45) is 5.73 Å². The molecule has 21 heavy (non-hydrogen) atoms. The van der Waals surface area contributed by atoms with Crippen LogP contribution in [0.4, 0.5) is 5.69 Å². The van der Waals surface area contributed by atoms with Gasteiger partial charge in [0.2, 0.25) is 5.75 Å². The molecule has 0 aliphatic rings. The van der Waals surface area contributed by atoms with Crippen molar-refractivity contribution in [3.8, 4) is 11.5 Å². The molecule has 0 spiro atoms. The lowest BCUT2D eigenvalue weighted by atomic mass is 10.1. The molecule has 0 aromatic heterocycles. The Morgan fingerprint density at radius 3 is 2.48 bits per heavy atom. The van der Waals surface area contributed by atoms with E-state index in [1.54, 1.807) is 0 Å². The van der Waals surface area contributed by atoms with E-state index < -0.39 is 27.8 Å². The van der Waals surface area contributed by atoms with Crippen LogP contribution in [0, 0.1) is 10.1 Å². The minimum Gasteiger partial charge on any atom is -0.501 e. The number of amides is 1. The maximum atomic E-state index is 11.4. The number of rotatable bonds is 5. The lowest BCUT2D eigenvalue weighted by Gasteiger charge is -2.11. The van der Waals surface area contributed by atoms with Gasteiger partial charge in [0.05, 0.1) is 4.92 Å². The molecule has 0 fully saturated rings. The zero-order chi connectivity index (χ0) is 15.4. The summed E-state index contributed by atoms with van der Waals surface area (Å²) in [5.41, 5.74) is 4.99. The Hall–Kier alpha value is -3.09. The largest absolute Gasteiger partial charge is 0.501 e. The third-order valence-electron chi connectivity index (χ3n) is 2.80. The maximum absolute atomic E-state index is 11.4. The van der Waals surface area contributed by atoms with Crippen molar-refractivity contribution in [2.75, 3.05) is 0 Å². The highest BCUT2D eigenvalue weighted by molar-refractivity contribution is 5.99. The van der Waals surface area contributed by atoms with Crippen LogP contribution < -0.4 is 10.5 Å². The molecule has 7 heteroatoms. The fraction of sp³-hybridized carbons (Fsp3) is 0.0714. The lowest BCUT2D eigenvalue weighted by Crippen LogP contribution is -2.14. The van der Waals surface area contributed by atoms with Crippen LogP contribution in [0.25, 0.3) is 0 Å². The number of nitro benzene ring substituents is 1. The number of nitro groups is 1. The molecular formula is C14H12N2O5. The van der Waals surface area contributed by atoms with E-state index in [-0.39, 0.29) is 12.4 Å². The van der Waals surface area contributed by atoms with E-state index in [4.69, 9.17) is 10.5 Å². The summed E-state index contributed by atoms with van der Waals surface area (Å²) in [5.74, 6) is -1.80. The topological polar surface area (TPSA) is 116 Å². The van der Waals surface area contributed by atoms with Crippen LogP contribution in [-0.2, 0) is 6.61 Å². The van der Waals surface area contributed by atoms with Crippen LogP contribution in [0.1, 0.15) is 15.9 Å². The summed E-state index contributed by atoms with van der Waals surface area (Å²) < 4.78 is 5.42. The second-order valence-corrected chi connectivity index (χ2v) is 4.20. The van der Waals surface area contributed by atoms with Crippen LogP contribution in [0.15, 0.2) is 42.5 Å². The van der Waals surface area contributed by atoms with Gasteiger partial charge in [0.1, 0.15) is 17.9 Å². The molecule has 0 aliphatic heterocycles. The molecule has 0 unspecified atom stereocenters. The fourth-order valence-electron chi connectivity index (χ4n) is 1.80. The third kappa shape index (κ3) is 3.08. The first-order valence-electron chi connectivity index (χ1n) is 5.97. The van der Waals surface area contributed by atoms with Crippen molar-refractivity contribution in [3.05, 3.63) is 63.7 Å². The van der Waals surface area contributed by atoms with Crippen molar-refractivity contribution in [1.29, 1.82) is 0 Å². The number of phenols is 1. The Bertz CT molecular complexity index is 685. The maximum Gasteiger partial charge on any atom is 0.311 e. The van der Waals surface area contributed by atoms with Gasteiger partial charge in [-0.1, -0.05) is 30.3 Å². The Labute approximate surface area is 119 Å². The van der Waals surface area contributed by atoms with Gasteiger partial charge < -0.3 is 15.6 Å². The number of primary amides is 1. The van der Waals surface area contributed by atoms with Gasteiger partial charge in [-0.15, -0.1) is 0 Å². The van der Waals surface area contributed by atoms with Crippen LogP contribution in [0.2, 0.25) is 0 Å². The average molecular weight is 288 g/mol. The van der Waals surface area contributed by atoms with Crippen molar-refractivity contribution >= 4 is 11.6 Å². The zero-order valence-electron chi connectivity index (χ0n) is 10.9. The van der Waals surface area contributed by atoms with Crippen molar-refractivity contribution in [1.82, 2.24) is 0 Å². The number of benzene rings is 2. The van der Waals surface area contributed by atoms with E-state index in [2.05, 4.69) is 0 Å². The summed E-state index contributed by atoms with van der Waals surface area (Å²) in [6.45, 7) is 0.137. The van der Waals surface area contributed by atoms with Crippen LogP contribution in [-0.4, -0.2) is 15.9 Å². The van der Waals surface area contributed by atoms with E-state index in [1.807, 2.05) is 30.3 Å². The van der Waals surface area contributed by atoms with Gasteiger partial charge in [-0.25, -0.2) is 0 Å². The first-order valence-corrected chi connectivity index (χ1v) is 5.97. The van der Waals surface area contributed by atoms with Gasteiger partial charge >= 0.3 is 5.69 Å². The van der Waals surface area contributed by atoms with E-state index in [0.717, 1.165) is 11.6 Å². The molecule has 2 rings (SSSR count). The Morgan fingerprint density at radius 2 is 1.90 bits per heavy atom. The molecule has 1 amide bonds. The second kappa shape index (κ2) is 5.91. The van der Waals surface area contributed by atoms with Gasteiger partial charge in [0, 0.05) is 6.07 Å². The van der Waals surface area contributed by atoms with E-state index in [9.17, 15) is 20.0 Å². The van der Waals surface area contributed by atoms with Crippen LogP contribution >= 0.6 is 0 Å². The van der Waals surface area contributed by atoms with Gasteiger partial charge in [0.15, 0.2) is 0 Å². The highest BCUT2D eigenvalue weighted by atomic mass is 16.6. The SMILES string of the molecule is NC(=O)c1c(OCc2ccccc2)ccc([N+](=O)[O-])c1O. The summed E-state index contributed by atoms with van der Waals surface area (Å²) >= 11 is 0. The van der Waals surface area contributed by atoms with Gasteiger partial charge in [-0.05, 0) is 11.6 Å². The Kier molecular flexibility index (Phi) is 4.03. The molecule has 0 aliphatic carbocycles. The summed E-state index contributed by atoms with van der Waals surface area (Å²) in [7, 11) is 0. The molecule has 0 heterocycles. The minimum atomic E-state index is -1.00. The molecule has 0 bridgehead atoms. The molecule has 3 N–H and O–H groups in total. The number of carbonyl (C=O) groups is 1. The van der Waals surface area contributed by atoms with Crippen LogP contribution in [0.3, 0.4) is 0 Å². The summed E-state index contributed by atoms with van der Waals surface area (Å²) in [6, 6.07) is 11.4. The normalized spacial score (nSPS) is 10.1. The van der Waals surface area contributed by atoms with Gasteiger partial charge in [-0.2, -0.15) is 0 Å². The monoisotopic (exact) mass is 288 g/mol. The average Bonchev–Trinajstić information content (AvgIpc) is 2.45. The summed E-state index contributed by atoms with van der Waals surface area (Å²) in [6.07, 6.45) is 0. The van der Waals surface area contributed by atoms with Gasteiger partial charge in [0.25, 0.3) is 5.91 Å². The number of aromatic hydroxyl groups is 1. The first kappa shape index (κ1) is 14.3. The Morgan fingerprint density at radius 1 is 1.24 bits per heavy atom. The third-order valence-corrected chi connectivity index (χ3v) is 2.80. The molecular weight excluding hydrogens is 276 g/mol. The van der Waals surface area contributed by atoms with Crippen LogP contribution in [0.5, 0.6) is 11.5 Å². The highest BCUT2D eigenvalue weighted by Crippen LogP contribution is 2.36. The molecule has 0 radical (unpaired) electrons. The van der Waals surface area contributed by atoms with E-state index in [0.29, 0.717) is 0 Å². The molecule has 2 aromatic carbocycles. The number of hydrogen-bond donors (Lipinski definition) is 2. The lowest BCUT2D eigenvalue weighted by molar-refractivity contribution is -0.385. The smallest absolute Gasteiger partial charge is 0.311 e. The second-order valence-electron chi connectivity index (χ2n) is 4.20. The number of nitrogens with two attached hydrogens (primary N) is 1. The molecule has 108 valence electrons. The van der Waals surface area contributed by atoms with Crippen molar-refractivity contribution in [3.63, 3.8) is 0 Å². The predicted octanol–water partition coefficient (Wildman–Crippen LogP) is 1.98. The minimum absolute atomic E-state index is 0.00514. The standard InChI is InChI=1S/C14H12N2O5/c15-14(18)12-11(7-6-10(13(12)17)16(19)20)21-8-9-4-2-1-3-5-9/h1-7,17H,8H2,(H2,15,18). The molecule has 0 saturated carbocycles. The quantitative estimate of drug-likeness (QED) is 0.644. The van der Waals surface area contributed by atoms with E-state index in [1.165, 1.54) is 6.07 Å². The molecule has 0 atom stereocenters. The first-order chi connectivity index (χ1) is 10.0. The van der Waals surface area contributed by atoms with Gasteiger partial charge in [-0.3, -0.25) is 14.9 Å². The zero-order valence-corrected chi connectivity index (χ0v) is 10.9. The molecule has 7 nitrogen and oxygen atoms in total. The number of nitrogens with zero attached hydrogens (tertiary/aromatic N) is 1. The van der Waals surface area contributed by atoms with E-state index >= 15 is 0 Å². The van der Waals surface area contributed by atoms with Crippen molar-refractivity contribution < 1.29 is 19.6 Å². The molecule has 0 saturated heterocycles. The highest BCUT2D eigenvalue weighted by Gasteiger charge is 2.24.